The van der Waals surface area contributed by atoms with Gasteiger partial charge >= 0.3 is 0 Å². The number of anilines is 2. The lowest BCUT2D eigenvalue weighted by Crippen LogP contribution is -2.37. The number of amides is 2. The van der Waals surface area contributed by atoms with Gasteiger partial charge in [0.2, 0.25) is 11.8 Å². The average Bonchev–Trinajstić information content (AvgIpc) is 2.74. The van der Waals surface area contributed by atoms with E-state index < -0.39 is 39.0 Å². The molecule has 0 spiro atoms. The number of carbonyl (C=O) groups is 2. The third-order valence-electron chi connectivity index (χ3n) is 4.37. The van der Waals surface area contributed by atoms with Crippen molar-refractivity contribution in [3.05, 3.63) is 96.3 Å². The number of nitrogens with zero attached hydrogens (tertiary/aromatic N) is 1. The first-order valence-electron chi connectivity index (χ1n) is 9.47. The van der Waals surface area contributed by atoms with Gasteiger partial charge in [0.15, 0.2) is 9.84 Å². The molecule has 31 heavy (non-hydrogen) atoms. The van der Waals surface area contributed by atoms with Crippen LogP contribution in [0.5, 0.6) is 0 Å². The van der Waals surface area contributed by atoms with E-state index >= 15 is 0 Å². The Balaban J connectivity index is 1.70. The first-order valence-corrected chi connectivity index (χ1v) is 11.3. The SMILES string of the molecule is O=C(CS(=O)(=O)CC(=O)N(Cc1ccccc1)c1ccccc1)Nc1ccc(F)cc1. The minimum absolute atomic E-state index is 0.195. The molecule has 8 heteroatoms. The monoisotopic (exact) mass is 440 g/mol. The van der Waals surface area contributed by atoms with E-state index in [-0.39, 0.29) is 12.2 Å². The first kappa shape index (κ1) is 22.2. The fourth-order valence-electron chi connectivity index (χ4n) is 2.94. The van der Waals surface area contributed by atoms with E-state index in [4.69, 9.17) is 0 Å². The van der Waals surface area contributed by atoms with Crippen molar-refractivity contribution < 1.29 is 22.4 Å². The van der Waals surface area contributed by atoms with Crippen LogP contribution in [0, 0.1) is 5.82 Å². The van der Waals surface area contributed by atoms with Crippen molar-refractivity contribution in [1.82, 2.24) is 0 Å². The lowest BCUT2D eigenvalue weighted by atomic mass is 10.2. The van der Waals surface area contributed by atoms with Gasteiger partial charge in [0, 0.05) is 11.4 Å². The number of sulfone groups is 1. The summed E-state index contributed by atoms with van der Waals surface area (Å²) in [6.45, 7) is 0.195. The van der Waals surface area contributed by atoms with Gasteiger partial charge in [-0.15, -0.1) is 0 Å². The maximum absolute atomic E-state index is 13.0. The molecule has 3 aromatic rings. The second-order valence-electron chi connectivity index (χ2n) is 6.89. The van der Waals surface area contributed by atoms with Crippen LogP contribution in [0.2, 0.25) is 0 Å². The molecule has 0 atom stereocenters. The van der Waals surface area contributed by atoms with E-state index in [1.165, 1.54) is 17.0 Å². The fraction of sp³-hybridized carbons (Fsp3) is 0.130. The van der Waals surface area contributed by atoms with Crippen LogP contribution in [0.25, 0.3) is 0 Å². The highest BCUT2D eigenvalue weighted by molar-refractivity contribution is 7.92. The maximum atomic E-state index is 13.0. The van der Waals surface area contributed by atoms with E-state index in [2.05, 4.69) is 5.32 Å². The molecule has 3 rings (SSSR count). The van der Waals surface area contributed by atoms with Crippen LogP contribution in [0.1, 0.15) is 5.56 Å². The molecule has 0 aliphatic rings. The van der Waals surface area contributed by atoms with Gasteiger partial charge in [0.25, 0.3) is 0 Å². The first-order chi connectivity index (χ1) is 14.8. The Hall–Kier alpha value is -3.52. The van der Waals surface area contributed by atoms with Crippen molar-refractivity contribution in [3.8, 4) is 0 Å². The highest BCUT2D eigenvalue weighted by Gasteiger charge is 2.25. The number of benzene rings is 3. The largest absolute Gasteiger partial charge is 0.325 e. The molecule has 0 bridgehead atoms. The van der Waals surface area contributed by atoms with Crippen molar-refractivity contribution in [2.24, 2.45) is 0 Å². The zero-order chi connectivity index (χ0) is 22.3. The zero-order valence-corrected chi connectivity index (χ0v) is 17.4. The second-order valence-corrected chi connectivity index (χ2v) is 8.95. The van der Waals surface area contributed by atoms with Crippen molar-refractivity contribution in [1.29, 1.82) is 0 Å². The number of nitrogens with one attached hydrogen (secondary N) is 1. The van der Waals surface area contributed by atoms with Crippen molar-refractivity contribution >= 4 is 33.0 Å². The summed E-state index contributed by atoms with van der Waals surface area (Å²) in [5, 5.41) is 2.39. The summed E-state index contributed by atoms with van der Waals surface area (Å²) in [5.41, 5.74) is 1.66. The summed E-state index contributed by atoms with van der Waals surface area (Å²) < 4.78 is 38.0. The second kappa shape index (κ2) is 9.99. The molecule has 2 amide bonds. The molecule has 0 aliphatic carbocycles. The molecule has 0 aliphatic heterocycles. The Kier molecular flexibility index (Phi) is 7.15. The predicted octanol–water partition coefficient (Wildman–Crippen LogP) is 3.41. The van der Waals surface area contributed by atoms with Crippen LogP contribution >= 0.6 is 0 Å². The Morgan fingerprint density at radius 1 is 0.806 bits per heavy atom. The van der Waals surface area contributed by atoms with Gasteiger partial charge in [-0.25, -0.2) is 12.8 Å². The minimum atomic E-state index is -4.03. The third-order valence-corrected chi connectivity index (χ3v) is 5.76. The molecule has 0 aromatic heterocycles. The van der Waals surface area contributed by atoms with Crippen LogP contribution in [0.3, 0.4) is 0 Å². The molecular weight excluding hydrogens is 419 g/mol. The van der Waals surface area contributed by atoms with Crippen LogP contribution in [-0.4, -0.2) is 31.7 Å². The van der Waals surface area contributed by atoms with Gasteiger partial charge in [-0.05, 0) is 42.0 Å². The Morgan fingerprint density at radius 2 is 1.39 bits per heavy atom. The number of carbonyl (C=O) groups excluding carboxylic acids is 2. The third kappa shape index (κ3) is 6.75. The quantitative estimate of drug-likeness (QED) is 0.582. The van der Waals surface area contributed by atoms with E-state index in [1.807, 2.05) is 30.3 Å². The molecule has 160 valence electrons. The lowest BCUT2D eigenvalue weighted by molar-refractivity contribution is -0.116. The van der Waals surface area contributed by atoms with E-state index in [0.29, 0.717) is 5.69 Å². The van der Waals surface area contributed by atoms with Gasteiger partial charge in [-0.1, -0.05) is 48.5 Å². The number of para-hydroxylation sites is 1. The smallest absolute Gasteiger partial charge is 0.242 e. The van der Waals surface area contributed by atoms with Crippen molar-refractivity contribution in [2.45, 2.75) is 6.54 Å². The zero-order valence-electron chi connectivity index (χ0n) is 16.6. The van der Waals surface area contributed by atoms with Crippen LogP contribution in [0.4, 0.5) is 15.8 Å². The maximum Gasteiger partial charge on any atom is 0.242 e. The molecule has 3 aromatic carbocycles. The summed E-state index contributed by atoms with van der Waals surface area (Å²) in [7, 11) is -4.03. The van der Waals surface area contributed by atoms with Gasteiger partial charge < -0.3 is 10.2 Å². The summed E-state index contributed by atoms with van der Waals surface area (Å²) in [5.74, 6) is -3.58. The Labute approximate surface area is 180 Å². The highest BCUT2D eigenvalue weighted by atomic mass is 32.2. The van der Waals surface area contributed by atoms with Gasteiger partial charge in [0.1, 0.15) is 17.3 Å². The van der Waals surface area contributed by atoms with Gasteiger partial charge in [-0.2, -0.15) is 0 Å². The molecule has 6 nitrogen and oxygen atoms in total. The Bertz CT molecular complexity index is 1140. The van der Waals surface area contributed by atoms with E-state index in [0.717, 1.165) is 17.7 Å². The molecule has 1 N–H and O–H groups in total. The summed E-state index contributed by atoms with van der Waals surface area (Å²) in [4.78, 5) is 26.4. The molecule has 0 heterocycles. The van der Waals surface area contributed by atoms with Crippen LogP contribution in [0.15, 0.2) is 84.9 Å². The molecule has 0 fully saturated rings. The molecule has 0 saturated carbocycles. The lowest BCUT2D eigenvalue weighted by Gasteiger charge is -2.23. The topological polar surface area (TPSA) is 83.5 Å². The van der Waals surface area contributed by atoms with Crippen molar-refractivity contribution in [3.63, 3.8) is 0 Å². The normalized spacial score (nSPS) is 11.0. The standard InChI is InChI=1S/C23H21FN2O4S/c24-19-11-13-20(14-12-19)25-22(27)16-31(29,30)17-23(28)26(21-9-5-2-6-10-21)15-18-7-3-1-4-8-18/h1-14H,15-17H2,(H,25,27). The molecule has 0 unspecified atom stereocenters. The summed E-state index contributed by atoms with van der Waals surface area (Å²) in [6.07, 6.45) is 0. The van der Waals surface area contributed by atoms with Crippen LogP contribution in [-0.2, 0) is 26.0 Å². The Morgan fingerprint density at radius 3 is 2.00 bits per heavy atom. The van der Waals surface area contributed by atoms with Gasteiger partial charge in [0.05, 0.1) is 6.54 Å². The molecular formula is C23H21FN2O4S. The number of rotatable bonds is 8. The predicted molar refractivity (Wildman–Crippen MR) is 118 cm³/mol. The fourth-order valence-corrected chi connectivity index (χ4v) is 4.05. The number of hydrogen-bond acceptors (Lipinski definition) is 4. The van der Waals surface area contributed by atoms with E-state index in [9.17, 15) is 22.4 Å². The minimum Gasteiger partial charge on any atom is -0.325 e. The van der Waals surface area contributed by atoms with Gasteiger partial charge in [-0.3, -0.25) is 9.59 Å². The summed E-state index contributed by atoms with van der Waals surface area (Å²) in [6, 6.07) is 22.9. The number of hydrogen-bond donors (Lipinski definition) is 1. The molecule has 0 saturated heterocycles. The highest BCUT2D eigenvalue weighted by Crippen LogP contribution is 2.18. The van der Waals surface area contributed by atoms with E-state index in [1.54, 1.807) is 30.3 Å². The number of halogens is 1. The molecule has 0 radical (unpaired) electrons. The van der Waals surface area contributed by atoms with Crippen molar-refractivity contribution in [2.75, 3.05) is 21.7 Å². The van der Waals surface area contributed by atoms with Crippen LogP contribution < -0.4 is 10.2 Å². The average molecular weight is 440 g/mol. The summed E-state index contributed by atoms with van der Waals surface area (Å²) >= 11 is 0.